The molecule has 0 N–H and O–H groups in total. The molecule has 100 valence electrons. The lowest BCUT2D eigenvalue weighted by molar-refractivity contribution is 0.414. The van der Waals surface area contributed by atoms with Gasteiger partial charge in [0.05, 0.1) is 12.2 Å². The van der Waals surface area contributed by atoms with Crippen molar-refractivity contribution in [3.8, 4) is 11.4 Å². The fourth-order valence-electron chi connectivity index (χ4n) is 1.72. The summed E-state index contributed by atoms with van der Waals surface area (Å²) in [6.45, 7) is 0.281. The van der Waals surface area contributed by atoms with Crippen molar-refractivity contribution in [1.82, 2.24) is 19.9 Å². The first-order valence-corrected chi connectivity index (χ1v) is 6.61. The second kappa shape index (κ2) is 5.38. The number of hydrogen-bond acceptors (Lipinski definition) is 5. The van der Waals surface area contributed by atoms with Crippen LogP contribution in [0.3, 0.4) is 0 Å². The maximum atomic E-state index is 11.9. The second-order valence-corrected chi connectivity index (χ2v) is 4.81. The van der Waals surface area contributed by atoms with Crippen molar-refractivity contribution in [3.63, 3.8) is 0 Å². The number of hydrogen-bond donors (Lipinski definition) is 0. The molecule has 0 spiro atoms. The van der Waals surface area contributed by atoms with E-state index < -0.39 is 0 Å². The average molecular weight is 333 g/mol. The number of nitrogens with zero attached hydrogens (tertiary/aromatic N) is 4. The predicted molar refractivity (Wildman–Crippen MR) is 75.0 cm³/mol. The summed E-state index contributed by atoms with van der Waals surface area (Å²) in [7, 11) is 0. The summed E-state index contributed by atoms with van der Waals surface area (Å²) in [5.41, 5.74) is 1.90. The van der Waals surface area contributed by atoms with Gasteiger partial charge in [-0.05, 0) is 34.1 Å². The molecule has 0 unspecified atom stereocenters. The van der Waals surface area contributed by atoms with Crippen LogP contribution in [0.1, 0.15) is 5.56 Å². The van der Waals surface area contributed by atoms with Crippen LogP contribution in [-0.4, -0.2) is 19.9 Å². The van der Waals surface area contributed by atoms with E-state index in [-0.39, 0.29) is 12.1 Å². The van der Waals surface area contributed by atoms with Gasteiger partial charge in [0.1, 0.15) is 12.0 Å². The molecule has 0 saturated heterocycles. The van der Waals surface area contributed by atoms with E-state index in [4.69, 9.17) is 4.52 Å². The Morgan fingerprint density at radius 3 is 2.80 bits per heavy atom. The highest BCUT2D eigenvalue weighted by Crippen LogP contribution is 2.15. The van der Waals surface area contributed by atoms with E-state index in [2.05, 4.69) is 31.2 Å². The van der Waals surface area contributed by atoms with E-state index in [1.807, 2.05) is 18.2 Å². The first kappa shape index (κ1) is 12.7. The van der Waals surface area contributed by atoms with Crippen LogP contribution in [0.4, 0.5) is 0 Å². The highest BCUT2D eigenvalue weighted by atomic mass is 79.9. The third-order valence-electron chi connectivity index (χ3n) is 2.71. The van der Waals surface area contributed by atoms with Crippen LogP contribution in [0, 0.1) is 0 Å². The molecule has 0 fully saturated rings. The minimum absolute atomic E-state index is 0.196. The Bertz CT molecular complexity index is 782. The van der Waals surface area contributed by atoms with Crippen LogP contribution in [0.15, 0.2) is 56.7 Å². The Morgan fingerprint density at radius 2 is 2.10 bits per heavy atom. The molecule has 0 aliphatic carbocycles. The molecule has 3 heterocycles. The summed E-state index contributed by atoms with van der Waals surface area (Å²) in [6.07, 6.45) is 3.16. The Kier molecular flexibility index (Phi) is 3.42. The lowest BCUT2D eigenvalue weighted by Crippen LogP contribution is -2.22. The smallest absolute Gasteiger partial charge is 0.267 e. The minimum Gasteiger partial charge on any atom is -0.363 e. The van der Waals surface area contributed by atoms with Crippen LogP contribution < -0.4 is 5.56 Å². The number of pyridine rings is 1. The Labute approximate surface area is 122 Å². The summed E-state index contributed by atoms with van der Waals surface area (Å²) in [4.78, 5) is 16.1. The van der Waals surface area contributed by atoms with E-state index in [1.54, 1.807) is 12.3 Å². The third kappa shape index (κ3) is 2.53. The zero-order valence-corrected chi connectivity index (χ0v) is 11.8. The van der Waals surface area contributed by atoms with Crippen molar-refractivity contribution in [3.05, 3.63) is 63.3 Å². The van der Waals surface area contributed by atoms with Gasteiger partial charge in [-0.15, -0.1) is 0 Å². The zero-order valence-electron chi connectivity index (χ0n) is 10.2. The standard InChI is InChI=1S/C13H9BrN4O2/c14-13-9(8-20-17-13)7-18-12(19)5-4-11(16-18)10-3-1-2-6-15-10/h1-6,8H,7H2. The molecule has 0 amide bonds. The Morgan fingerprint density at radius 1 is 1.20 bits per heavy atom. The molecule has 0 aliphatic heterocycles. The van der Waals surface area contributed by atoms with Gasteiger partial charge < -0.3 is 4.52 Å². The van der Waals surface area contributed by atoms with Gasteiger partial charge in [-0.25, -0.2) is 4.68 Å². The van der Waals surface area contributed by atoms with Gasteiger partial charge in [0.2, 0.25) is 0 Å². The molecule has 3 aromatic heterocycles. The third-order valence-corrected chi connectivity index (χ3v) is 3.36. The summed E-state index contributed by atoms with van der Waals surface area (Å²) >= 11 is 3.25. The first-order chi connectivity index (χ1) is 9.74. The van der Waals surface area contributed by atoms with Crippen molar-refractivity contribution < 1.29 is 4.52 Å². The van der Waals surface area contributed by atoms with Gasteiger partial charge in [0, 0.05) is 17.8 Å². The Hall–Kier alpha value is -2.28. The molecule has 0 radical (unpaired) electrons. The van der Waals surface area contributed by atoms with Crippen LogP contribution >= 0.6 is 15.9 Å². The number of rotatable bonds is 3. The van der Waals surface area contributed by atoms with Gasteiger partial charge in [-0.2, -0.15) is 5.10 Å². The van der Waals surface area contributed by atoms with E-state index in [0.717, 1.165) is 5.56 Å². The van der Waals surface area contributed by atoms with Crippen LogP contribution in [0.5, 0.6) is 0 Å². The summed E-state index contributed by atoms with van der Waals surface area (Å²) in [5.74, 6) is 0. The topological polar surface area (TPSA) is 73.8 Å². The first-order valence-electron chi connectivity index (χ1n) is 5.82. The lowest BCUT2D eigenvalue weighted by Gasteiger charge is -2.05. The quantitative estimate of drug-likeness (QED) is 0.734. The summed E-state index contributed by atoms with van der Waals surface area (Å²) in [5, 5.41) is 8.02. The van der Waals surface area contributed by atoms with Crippen molar-refractivity contribution in [2.24, 2.45) is 0 Å². The fraction of sp³-hybridized carbons (Fsp3) is 0.0769. The fourth-order valence-corrected chi connectivity index (χ4v) is 2.02. The normalized spacial score (nSPS) is 10.7. The second-order valence-electron chi connectivity index (χ2n) is 4.06. The number of halogens is 1. The van der Waals surface area contributed by atoms with Gasteiger partial charge in [0.25, 0.3) is 5.56 Å². The molecule has 0 atom stereocenters. The molecule has 0 bridgehead atoms. The maximum absolute atomic E-state index is 11.9. The molecular formula is C13H9BrN4O2. The molecule has 7 heteroatoms. The van der Waals surface area contributed by atoms with Gasteiger partial charge in [-0.1, -0.05) is 11.2 Å². The van der Waals surface area contributed by atoms with Crippen LogP contribution in [-0.2, 0) is 6.54 Å². The van der Waals surface area contributed by atoms with Gasteiger partial charge >= 0.3 is 0 Å². The molecule has 3 rings (SSSR count). The van der Waals surface area contributed by atoms with E-state index >= 15 is 0 Å². The maximum Gasteiger partial charge on any atom is 0.267 e. The largest absolute Gasteiger partial charge is 0.363 e. The summed E-state index contributed by atoms with van der Waals surface area (Å²) in [6, 6.07) is 8.67. The van der Waals surface area contributed by atoms with Crippen molar-refractivity contribution in [2.45, 2.75) is 6.54 Å². The van der Waals surface area contributed by atoms with Crippen LogP contribution in [0.25, 0.3) is 11.4 Å². The molecular weight excluding hydrogens is 324 g/mol. The molecule has 6 nitrogen and oxygen atoms in total. The molecule has 3 aromatic rings. The summed E-state index contributed by atoms with van der Waals surface area (Å²) < 4.78 is 6.73. The van der Waals surface area contributed by atoms with Gasteiger partial charge in [0.15, 0.2) is 4.60 Å². The highest BCUT2D eigenvalue weighted by molar-refractivity contribution is 9.10. The highest BCUT2D eigenvalue weighted by Gasteiger charge is 2.09. The molecule has 0 aliphatic rings. The molecule has 0 aromatic carbocycles. The average Bonchev–Trinajstić information content (AvgIpc) is 2.88. The predicted octanol–water partition coefficient (Wildman–Crippen LogP) is 2.10. The molecule has 20 heavy (non-hydrogen) atoms. The zero-order chi connectivity index (χ0) is 13.9. The van der Waals surface area contributed by atoms with Crippen molar-refractivity contribution in [1.29, 1.82) is 0 Å². The van der Waals surface area contributed by atoms with Gasteiger partial charge in [-0.3, -0.25) is 9.78 Å². The minimum atomic E-state index is -0.196. The SMILES string of the molecule is O=c1ccc(-c2ccccn2)nn1Cc1conc1Br. The Balaban J connectivity index is 2.00. The van der Waals surface area contributed by atoms with E-state index in [0.29, 0.717) is 16.0 Å². The lowest BCUT2D eigenvalue weighted by atomic mass is 10.2. The monoisotopic (exact) mass is 332 g/mol. The van der Waals surface area contributed by atoms with Crippen LogP contribution in [0.2, 0.25) is 0 Å². The van der Waals surface area contributed by atoms with E-state index in [9.17, 15) is 4.79 Å². The van der Waals surface area contributed by atoms with Crippen molar-refractivity contribution >= 4 is 15.9 Å². The molecule has 0 saturated carbocycles. The van der Waals surface area contributed by atoms with Crippen molar-refractivity contribution in [2.75, 3.05) is 0 Å². The number of aromatic nitrogens is 4. The van der Waals surface area contributed by atoms with E-state index in [1.165, 1.54) is 17.0 Å².